The Morgan fingerprint density at radius 1 is 1.14 bits per heavy atom. The van der Waals surface area contributed by atoms with Crippen molar-refractivity contribution < 1.29 is 13.5 Å². The third kappa shape index (κ3) is 4.51. The first-order valence-corrected chi connectivity index (χ1v) is 9.04. The number of aromatic nitrogens is 3. The van der Waals surface area contributed by atoms with E-state index in [9.17, 15) is 8.78 Å². The zero-order chi connectivity index (χ0) is 20.3. The van der Waals surface area contributed by atoms with E-state index in [2.05, 4.69) is 36.1 Å². The zero-order valence-electron chi connectivity index (χ0n) is 15.7. The van der Waals surface area contributed by atoms with E-state index in [0.717, 1.165) is 18.3 Å². The fourth-order valence-electron chi connectivity index (χ4n) is 2.49. The normalized spacial score (nSPS) is 11.9. The number of aromatic amines is 1. The molecule has 1 aromatic heterocycles. The number of nitrogens with zero attached hydrogens (tertiary/aromatic N) is 3. The van der Waals surface area contributed by atoms with Crippen LogP contribution in [0.15, 0.2) is 47.6 Å². The van der Waals surface area contributed by atoms with Crippen molar-refractivity contribution in [3.05, 3.63) is 75.8 Å². The minimum atomic E-state index is -0.712. The molecule has 146 valence electrons. The number of hydrogen-bond acceptors (Lipinski definition) is 4. The third-order valence-electron chi connectivity index (χ3n) is 4.11. The fraction of sp³-hybridized carbons (Fsp3) is 0.250. The van der Waals surface area contributed by atoms with E-state index in [1.807, 2.05) is 24.3 Å². The molecule has 0 unspecified atom stereocenters. The van der Waals surface area contributed by atoms with Crippen LogP contribution in [0.25, 0.3) is 0 Å². The van der Waals surface area contributed by atoms with Gasteiger partial charge in [-0.1, -0.05) is 39.0 Å². The van der Waals surface area contributed by atoms with Gasteiger partial charge in [0.25, 0.3) is 0 Å². The van der Waals surface area contributed by atoms with Gasteiger partial charge in [0.05, 0.1) is 11.8 Å². The summed E-state index contributed by atoms with van der Waals surface area (Å²) < 4.78 is 34.7. The summed E-state index contributed by atoms with van der Waals surface area (Å²) in [5, 5.41) is 10.7. The highest BCUT2D eigenvalue weighted by atomic mass is 32.1. The summed E-state index contributed by atoms with van der Waals surface area (Å²) in [6.07, 6.45) is 1.07. The summed E-state index contributed by atoms with van der Waals surface area (Å²) in [6.45, 7) is 6.49. The van der Waals surface area contributed by atoms with Gasteiger partial charge in [-0.05, 0) is 47.5 Å². The van der Waals surface area contributed by atoms with Crippen molar-refractivity contribution in [1.82, 2.24) is 14.9 Å². The van der Waals surface area contributed by atoms with Crippen LogP contribution in [0, 0.1) is 16.4 Å². The van der Waals surface area contributed by atoms with Crippen LogP contribution in [0.5, 0.6) is 5.75 Å². The van der Waals surface area contributed by atoms with Crippen LogP contribution >= 0.6 is 12.2 Å². The number of nitrogens with one attached hydrogen (secondary N) is 1. The Kier molecular flexibility index (Phi) is 5.69. The van der Waals surface area contributed by atoms with E-state index in [0.29, 0.717) is 11.6 Å². The van der Waals surface area contributed by atoms with Crippen LogP contribution in [0.4, 0.5) is 8.78 Å². The maximum atomic E-state index is 13.8. The molecule has 5 nitrogen and oxygen atoms in total. The molecule has 0 aliphatic heterocycles. The molecule has 3 aromatic rings. The quantitative estimate of drug-likeness (QED) is 0.484. The molecule has 3 rings (SSSR count). The van der Waals surface area contributed by atoms with E-state index in [1.165, 1.54) is 16.3 Å². The van der Waals surface area contributed by atoms with E-state index < -0.39 is 11.6 Å². The molecule has 0 spiro atoms. The highest BCUT2D eigenvalue weighted by Gasteiger charge is 2.13. The summed E-state index contributed by atoms with van der Waals surface area (Å²) in [5.41, 5.74) is 0.992. The molecule has 0 saturated heterocycles. The molecular weight excluding hydrogens is 382 g/mol. The van der Waals surface area contributed by atoms with Gasteiger partial charge in [0, 0.05) is 0 Å². The van der Waals surface area contributed by atoms with Crippen LogP contribution in [-0.4, -0.2) is 21.1 Å². The standard InChI is InChI=1S/C20H20F2N4OS/c1-20(2,3)13-7-9-14(10-8-13)27-12-18-24-25-19(28)26(18)23-11-15-16(21)5-4-6-17(15)22/h4-11H,12H2,1-3H3,(H,25,28)/b23-11-. The lowest BCUT2D eigenvalue weighted by atomic mass is 9.87. The molecule has 0 amide bonds. The van der Waals surface area contributed by atoms with Crippen molar-refractivity contribution >= 4 is 18.4 Å². The minimum absolute atomic E-state index is 0.0532. The first-order chi connectivity index (χ1) is 13.3. The van der Waals surface area contributed by atoms with Crippen molar-refractivity contribution in [3.63, 3.8) is 0 Å². The molecule has 1 heterocycles. The predicted octanol–water partition coefficient (Wildman–Crippen LogP) is 4.98. The topological polar surface area (TPSA) is 55.2 Å². The summed E-state index contributed by atoms with van der Waals surface area (Å²) in [7, 11) is 0. The first kappa shape index (κ1) is 19.9. The summed E-state index contributed by atoms with van der Waals surface area (Å²) >= 11 is 5.13. The van der Waals surface area contributed by atoms with Crippen LogP contribution in [-0.2, 0) is 12.0 Å². The lowest BCUT2D eigenvalue weighted by molar-refractivity contribution is 0.290. The highest BCUT2D eigenvalue weighted by Crippen LogP contribution is 2.24. The largest absolute Gasteiger partial charge is 0.486 e. The lowest BCUT2D eigenvalue weighted by Crippen LogP contribution is -2.10. The summed E-state index contributed by atoms with van der Waals surface area (Å²) in [6, 6.07) is 11.4. The number of benzene rings is 2. The van der Waals surface area contributed by atoms with E-state index in [4.69, 9.17) is 17.0 Å². The molecule has 0 bridgehead atoms. The molecule has 28 heavy (non-hydrogen) atoms. The molecule has 8 heteroatoms. The van der Waals surface area contributed by atoms with E-state index in [1.54, 1.807) is 0 Å². The van der Waals surface area contributed by atoms with Gasteiger partial charge in [-0.2, -0.15) is 14.9 Å². The van der Waals surface area contributed by atoms with Gasteiger partial charge >= 0.3 is 0 Å². The molecule has 0 saturated carbocycles. The Labute approximate surface area is 166 Å². The van der Waals surface area contributed by atoms with Crippen molar-refractivity contribution in [2.75, 3.05) is 0 Å². The first-order valence-electron chi connectivity index (χ1n) is 8.64. The van der Waals surface area contributed by atoms with Gasteiger partial charge in [0.2, 0.25) is 4.77 Å². The van der Waals surface area contributed by atoms with Crippen LogP contribution in [0.1, 0.15) is 37.7 Å². The van der Waals surface area contributed by atoms with Gasteiger partial charge in [-0.25, -0.2) is 13.9 Å². The monoisotopic (exact) mass is 402 g/mol. The number of rotatable bonds is 5. The molecule has 0 aliphatic carbocycles. The molecule has 2 aromatic carbocycles. The summed E-state index contributed by atoms with van der Waals surface area (Å²) in [5.74, 6) is -0.388. The van der Waals surface area contributed by atoms with Gasteiger partial charge < -0.3 is 4.74 Å². The van der Waals surface area contributed by atoms with E-state index >= 15 is 0 Å². The molecule has 1 N–H and O–H groups in total. The van der Waals surface area contributed by atoms with Crippen LogP contribution in [0.3, 0.4) is 0 Å². The van der Waals surface area contributed by atoms with Crippen LogP contribution in [0.2, 0.25) is 0 Å². The van der Waals surface area contributed by atoms with Gasteiger partial charge in [-0.15, -0.1) is 0 Å². The maximum Gasteiger partial charge on any atom is 0.216 e. The maximum absolute atomic E-state index is 13.8. The van der Waals surface area contributed by atoms with Crippen molar-refractivity contribution in [1.29, 1.82) is 0 Å². The van der Waals surface area contributed by atoms with Crippen molar-refractivity contribution in [2.45, 2.75) is 32.8 Å². The Balaban J connectivity index is 1.76. The second-order valence-corrected chi connectivity index (χ2v) is 7.59. The number of ether oxygens (including phenoxy) is 1. The fourth-order valence-corrected chi connectivity index (χ4v) is 2.68. The highest BCUT2D eigenvalue weighted by molar-refractivity contribution is 7.71. The number of halogens is 2. The zero-order valence-corrected chi connectivity index (χ0v) is 16.6. The Hall–Kier alpha value is -2.87. The van der Waals surface area contributed by atoms with Gasteiger partial charge in [-0.3, -0.25) is 0 Å². The number of H-pyrrole nitrogens is 1. The van der Waals surface area contributed by atoms with Gasteiger partial charge in [0.1, 0.15) is 24.0 Å². The average molecular weight is 402 g/mol. The Morgan fingerprint density at radius 3 is 2.39 bits per heavy atom. The number of hydrogen-bond donors (Lipinski definition) is 1. The lowest BCUT2D eigenvalue weighted by Gasteiger charge is -2.19. The predicted molar refractivity (Wildman–Crippen MR) is 106 cm³/mol. The smallest absolute Gasteiger partial charge is 0.216 e. The van der Waals surface area contributed by atoms with E-state index in [-0.39, 0.29) is 22.4 Å². The minimum Gasteiger partial charge on any atom is -0.486 e. The van der Waals surface area contributed by atoms with Crippen LogP contribution < -0.4 is 4.74 Å². The Bertz CT molecular complexity index is 1030. The molecule has 0 fully saturated rings. The average Bonchev–Trinajstić information content (AvgIpc) is 2.99. The second kappa shape index (κ2) is 8.02. The van der Waals surface area contributed by atoms with Gasteiger partial charge in [0.15, 0.2) is 5.82 Å². The third-order valence-corrected chi connectivity index (χ3v) is 4.37. The summed E-state index contributed by atoms with van der Waals surface area (Å²) in [4.78, 5) is 0. The molecule has 0 aliphatic rings. The second-order valence-electron chi connectivity index (χ2n) is 7.20. The van der Waals surface area contributed by atoms with Crippen molar-refractivity contribution in [3.8, 4) is 5.75 Å². The molecule has 0 radical (unpaired) electrons. The SMILES string of the molecule is CC(C)(C)c1ccc(OCc2n[nH]c(=S)n2/N=C\c2c(F)cccc2F)cc1. The molecule has 0 atom stereocenters. The Morgan fingerprint density at radius 2 is 1.79 bits per heavy atom. The van der Waals surface area contributed by atoms with Crippen molar-refractivity contribution in [2.24, 2.45) is 5.10 Å². The molecular formula is C20H20F2N4OS.